The number of hydrogen-bond donors (Lipinski definition) is 2. The number of carbonyl (C=O) groups excluding carboxylic acids is 2. The van der Waals surface area contributed by atoms with Gasteiger partial charge in [-0.1, -0.05) is 50.6 Å². The van der Waals surface area contributed by atoms with Gasteiger partial charge in [0.05, 0.1) is 11.7 Å². The van der Waals surface area contributed by atoms with Crippen LogP contribution in [-0.4, -0.2) is 34.2 Å². The van der Waals surface area contributed by atoms with Crippen molar-refractivity contribution in [3.05, 3.63) is 77.5 Å². The number of nitrogens with two attached hydrogens (primary N) is 1. The van der Waals surface area contributed by atoms with Crippen LogP contribution in [0, 0.1) is 23.5 Å². The third-order valence-corrected chi connectivity index (χ3v) is 5.93. The molecule has 3 rings (SSSR count). The van der Waals surface area contributed by atoms with Gasteiger partial charge in [0.15, 0.2) is 5.82 Å². The quantitative estimate of drug-likeness (QED) is 0.388. The monoisotopic (exact) mass is 484 g/mol. The molecule has 6 nitrogen and oxygen atoms in total. The van der Waals surface area contributed by atoms with Crippen molar-refractivity contribution >= 4 is 22.8 Å². The van der Waals surface area contributed by atoms with Gasteiger partial charge in [-0.25, -0.2) is 13.6 Å². The van der Waals surface area contributed by atoms with Crippen molar-refractivity contribution in [3.8, 4) is 0 Å². The molecule has 0 aliphatic heterocycles. The van der Waals surface area contributed by atoms with Crippen molar-refractivity contribution in [3.63, 3.8) is 0 Å². The molecule has 3 atom stereocenters. The third kappa shape index (κ3) is 7.29. The molecule has 0 unspecified atom stereocenters. The van der Waals surface area contributed by atoms with E-state index in [4.69, 9.17) is 10.5 Å². The smallest absolute Gasteiger partial charge is 0.340 e. The van der Waals surface area contributed by atoms with Gasteiger partial charge in [0, 0.05) is 30.0 Å². The molecule has 1 amide bonds. The number of halogens is 2. The van der Waals surface area contributed by atoms with Crippen LogP contribution in [0.3, 0.4) is 0 Å². The van der Waals surface area contributed by atoms with Gasteiger partial charge >= 0.3 is 5.97 Å². The standard InChI is InChI=1S/C27H30F2N2O4/c1-16(2)8-9-18(26(30)33)13-23(32)24(10-17-6-4-3-5-7-17)35-27(34)20-11-19-12-21(28)14-22(29)25(19)31-15-20/h3-7,11-12,14-16,18,23-24,32H,8-10,13H2,1-2H3,(H2,30,33)/t18-,23+,24+/m1/s1. The summed E-state index contributed by atoms with van der Waals surface area (Å²) in [4.78, 5) is 28.9. The number of aliphatic hydroxyl groups is 1. The van der Waals surface area contributed by atoms with Gasteiger partial charge in [0.1, 0.15) is 17.4 Å². The molecule has 0 aliphatic rings. The van der Waals surface area contributed by atoms with E-state index in [0.29, 0.717) is 18.4 Å². The Balaban J connectivity index is 1.82. The first-order valence-corrected chi connectivity index (χ1v) is 11.6. The fourth-order valence-electron chi connectivity index (χ4n) is 3.94. The summed E-state index contributed by atoms with van der Waals surface area (Å²) in [5, 5.41) is 11.1. The van der Waals surface area contributed by atoms with Crippen LogP contribution >= 0.6 is 0 Å². The summed E-state index contributed by atoms with van der Waals surface area (Å²) in [6, 6.07) is 12.2. The average Bonchev–Trinajstić information content (AvgIpc) is 2.80. The Morgan fingerprint density at radius 1 is 1.09 bits per heavy atom. The number of rotatable bonds is 11. The van der Waals surface area contributed by atoms with Gasteiger partial charge < -0.3 is 15.6 Å². The second-order valence-electron chi connectivity index (χ2n) is 9.19. The van der Waals surface area contributed by atoms with Crippen molar-refractivity contribution < 1.29 is 28.2 Å². The van der Waals surface area contributed by atoms with E-state index in [1.165, 1.54) is 6.07 Å². The normalized spacial score (nSPS) is 14.0. The number of hydrogen-bond acceptors (Lipinski definition) is 5. The van der Waals surface area contributed by atoms with Gasteiger partial charge in [0.2, 0.25) is 5.91 Å². The number of carbonyl (C=O) groups is 2. The zero-order valence-electron chi connectivity index (χ0n) is 19.8. The summed E-state index contributed by atoms with van der Waals surface area (Å²) in [5.74, 6) is -3.16. The van der Waals surface area contributed by atoms with Crippen LogP contribution in [-0.2, 0) is 16.0 Å². The van der Waals surface area contributed by atoms with E-state index < -0.39 is 41.6 Å². The Kier molecular flexibility index (Phi) is 8.87. The molecule has 0 radical (unpaired) electrons. The molecule has 8 heteroatoms. The van der Waals surface area contributed by atoms with Crippen LogP contribution in [0.15, 0.2) is 54.7 Å². The van der Waals surface area contributed by atoms with Gasteiger partial charge in [-0.3, -0.25) is 9.78 Å². The number of fused-ring (bicyclic) bond motifs is 1. The lowest BCUT2D eigenvalue weighted by Gasteiger charge is -2.26. The van der Waals surface area contributed by atoms with E-state index in [0.717, 1.165) is 24.2 Å². The Labute approximate surface area is 203 Å². The SMILES string of the molecule is CC(C)CC[C@H](C[C@H](O)[C@H](Cc1ccccc1)OC(=O)c1cnc2c(F)cc(F)cc2c1)C(N)=O. The number of ether oxygens (including phenoxy) is 1. The zero-order valence-corrected chi connectivity index (χ0v) is 19.8. The average molecular weight is 485 g/mol. The van der Waals surface area contributed by atoms with E-state index in [-0.39, 0.29) is 29.3 Å². The van der Waals surface area contributed by atoms with E-state index >= 15 is 0 Å². The number of aliphatic hydroxyl groups excluding tert-OH is 1. The predicted molar refractivity (Wildman–Crippen MR) is 128 cm³/mol. The predicted octanol–water partition coefficient (Wildman–Crippen LogP) is 4.57. The maximum atomic E-state index is 13.9. The number of nitrogens with zero attached hydrogens (tertiary/aromatic N) is 1. The number of benzene rings is 2. The molecular weight excluding hydrogens is 454 g/mol. The zero-order chi connectivity index (χ0) is 25.5. The van der Waals surface area contributed by atoms with Crippen molar-refractivity contribution in [1.29, 1.82) is 0 Å². The van der Waals surface area contributed by atoms with E-state index in [1.54, 1.807) is 0 Å². The highest BCUT2D eigenvalue weighted by molar-refractivity contribution is 5.93. The lowest BCUT2D eigenvalue weighted by Crippen LogP contribution is -2.37. The highest BCUT2D eigenvalue weighted by Crippen LogP contribution is 2.23. The molecule has 0 fully saturated rings. The molecule has 186 valence electrons. The summed E-state index contributed by atoms with van der Waals surface area (Å²) in [6.07, 6.45) is 0.526. The largest absolute Gasteiger partial charge is 0.456 e. The molecule has 1 aromatic heterocycles. The van der Waals surface area contributed by atoms with Crippen molar-refractivity contribution in [2.24, 2.45) is 17.6 Å². The highest BCUT2D eigenvalue weighted by Gasteiger charge is 2.29. The Bertz CT molecular complexity index is 1170. The van der Waals surface area contributed by atoms with Crippen LogP contribution < -0.4 is 5.73 Å². The summed E-state index contributed by atoms with van der Waals surface area (Å²) in [5.41, 5.74) is 6.30. The number of aromatic nitrogens is 1. The lowest BCUT2D eigenvalue weighted by molar-refractivity contribution is -0.123. The number of esters is 1. The molecular formula is C27H30F2N2O4. The summed E-state index contributed by atoms with van der Waals surface area (Å²) in [6.45, 7) is 4.06. The molecule has 3 aromatic rings. The molecule has 35 heavy (non-hydrogen) atoms. The molecule has 0 bridgehead atoms. The van der Waals surface area contributed by atoms with E-state index in [9.17, 15) is 23.5 Å². The van der Waals surface area contributed by atoms with E-state index in [1.807, 2.05) is 44.2 Å². The Morgan fingerprint density at radius 2 is 1.80 bits per heavy atom. The van der Waals surface area contributed by atoms with Crippen LogP contribution in [0.25, 0.3) is 10.9 Å². The molecule has 3 N–H and O–H groups in total. The number of primary amides is 1. The van der Waals surface area contributed by atoms with Gasteiger partial charge in [0.25, 0.3) is 0 Å². The first-order valence-electron chi connectivity index (χ1n) is 11.6. The Morgan fingerprint density at radius 3 is 2.46 bits per heavy atom. The third-order valence-electron chi connectivity index (χ3n) is 5.93. The topological polar surface area (TPSA) is 103 Å². The minimum atomic E-state index is -1.16. The van der Waals surface area contributed by atoms with Crippen LogP contribution in [0.2, 0.25) is 0 Å². The maximum absolute atomic E-state index is 13.9. The van der Waals surface area contributed by atoms with E-state index in [2.05, 4.69) is 4.98 Å². The summed E-state index contributed by atoms with van der Waals surface area (Å²) < 4.78 is 33.2. The molecule has 2 aromatic carbocycles. The summed E-state index contributed by atoms with van der Waals surface area (Å²) >= 11 is 0. The van der Waals surface area contributed by atoms with Gasteiger partial charge in [-0.05, 0) is 36.5 Å². The minimum absolute atomic E-state index is 0.0148. The molecule has 1 heterocycles. The van der Waals surface area contributed by atoms with Gasteiger partial charge in [-0.15, -0.1) is 0 Å². The molecule has 0 saturated heterocycles. The number of amides is 1. The van der Waals surface area contributed by atoms with Crippen molar-refractivity contribution in [2.45, 2.75) is 51.7 Å². The molecule has 0 aliphatic carbocycles. The van der Waals surface area contributed by atoms with Crippen LogP contribution in [0.5, 0.6) is 0 Å². The highest BCUT2D eigenvalue weighted by atomic mass is 19.1. The number of pyridine rings is 1. The fourth-order valence-corrected chi connectivity index (χ4v) is 3.94. The second-order valence-corrected chi connectivity index (χ2v) is 9.19. The fraction of sp³-hybridized carbons (Fsp3) is 0.370. The molecule has 0 saturated carbocycles. The lowest BCUT2D eigenvalue weighted by atomic mass is 9.89. The first-order chi connectivity index (χ1) is 16.6. The minimum Gasteiger partial charge on any atom is -0.456 e. The molecule has 0 spiro atoms. The second kappa shape index (κ2) is 11.8. The van der Waals surface area contributed by atoms with Crippen molar-refractivity contribution in [1.82, 2.24) is 4.98 Å². The summed E-state index contributed by atoms with van der Waals surface area (Å²) in [7, 11) is 0. The Hall–Kier alpha value is -3.39. The van der Waals surface area contributed by atoms with Gasteiger partial charge in [-0.2, -0.15) is 0 Å². The van der Waals surface area contributed by atoms with Crippen molar-refractivity contribution in [2.75, 3.05) is 0 Å². The van der Waals surface area contributed by atoms with Crippen LogP contribution in [0.4, 0.5) is 8.78 Å². The maximum Gasteiger partial charge on any atom is 0.340 e. The first kappa shape index (κ1) is 26.2. The van der Waals surface area contributed by atoms with Crippen LogP contribution in [0.1, 0.15) is 49.0 Å².